The summed E-state index contributed by atoms with van der Waals surface area (Å²) in [6.07, 6.45) is -0.597. The number of hydrogen-bond donors (Lipinski definition) is 1. The van der Waals surface area contributed by atoms with Crippen LogP contribution in [0, 0.1) is 0 Å². The monoisotopic (exact) mass is 247 g/mol. The smallest absolute Gasteiger partial charge is 0.411 e. The number of para-hydroxylation sites is 1. The number of benzene rings is 1. The number of hydrogen-bond acceptors (Lipinski definition) is 1. The maximum atomic E-state index is 11.0. The van der Waals surface area contributed by atoms with E-state index < -0.39 is 10.9 Å². The molecule has 0 aromatic heterocycles. The molecule has 1 aromatic rings. The lowest BCUT2D eigenvalue weighted by Gasteiger charge is -2.19. The zero-order chi connectivity index (χ0) is 11.3. The number of carbonyl (C=O) groups is 1. The lowest BCUT2D eigenvalue weighted by atomic mass is 10.3. The molecule has 0 bridgehead atoms. The molecule has 1 N–H and O–H groups in total. The van der Waals surface area contributed by atoms with Gasteiger partial charge in [0.2, 0.25) is 0 Å². The lowest BCUT2D eigenvalue weighted by Crippen LogP contribution is -2.30. The fraction of sp³-hybridized carbons (Fsp3) is 0.300. The zero-order valence-corrected chi connectivity index (χ0v) is 9.45. The van der Waals surface area contributed by atoms with Crippen LogP contribution >= 0.6 is 23.2 Å². The maximum absolute atomic E-state index is 11.0. The second-order valence-electron chi connectivity index (χ2n) is 2.95. The maximum Gasteiger partial charge on any atom is 0.411 e. The van der Waals surface area contributed by atoms with Gasteiger partial charge in [0, 0.05) is 12.2 Å². The highest BCUT2D eigenvalue weighted by molar-refractivity contribution is 6.44. The first-order chi connectivity index (χ1) is 7.11. The Morgan fingerprint density at radius 2 is 1.93 bits per heavy atom. The molecule has 0 spiro atoms. The van der Waals surface area contributed by atoms with E-state index in [1.807, 2.05) is 6.07 Å². The molecule has 15 heavy (non-hydrogen) atoms. The molecule has 0 aliphatic heterocycles. The van der Waals surface area contributed by atoms with Gasteiger partial charge in [-0.05, 0) is 18.6 Å². The summed E-state index contributed by atoms with van der Waals surface area (Å²) >= 11 is 11.1. The Bertz CT molecular complexity index is 316. The normalized spacial score (nSPS) is 10.3. The van der Waals surface area contributed by atoms with Gasteiger partial charge in [-0.15, -0.1) is 23.2 Å². The lowest BCUT2D eigenvalue weighted by molar-refractivity contribution is 0.202. The van der Waals surface area contributed by atoms with Gasteiger partial charge < -0.3 is 5.11 Å². The summed E-state index contributed by atoms with van der Waals surface area (Å²) in [7, 11) is 0. The minimum atomic E-state index is -1.00. The van der Waals surface area contributed by atoms with Crippen LogP contribution in [-0.2, 0) is 0 Å². The van der Waals surface area contributed by atoms with Gasteiger partial charge in [-0.1, -0.05) is 18.2 Å². The Morgan fingerprint density at radius 3 is 2.40 bits per heavy atom. The molecule has 0 radical (unpaired) electrons. The standard InChI is InChI=1S/C10H11Cl2NO2/c11-9(12)6-7-13(10(14)15)8-4-2-1-3-5-8/h1-5,9H,6-7H2,(H,14,15). The number of rotatable bonds is 4. The second-order valence-corrected chi connectivity index (χ2v) is 4.23. The molecular formula is C10H11Cl2NO2. The molecule has 5 heteroatoms. The predicted octanol–water partition coefficient (Wildman–Crippen LogP) is 3.36. The Kier molecular flexibility index (Phi) is 4.72. The first kappa shape index (κ1) is 12.1. The van der Waals surface area contributed by atoms with Crippen LogP contribution in [0.5, 0.6) is 0 Å². The van der Waals surface area contributed by atoms with Crippen LogP contribution in [0.2, 0.25) is 0 Å². The summed E-state index contributed by atoms with van der Waals surface area (Å²) in [5.41, 5.74) is 0.624. The van der Waals surface area contributed by atoms with Crippen molar-refractivity contribution in [2.45, 2.75) is 11.3 Å². The van der Waals surface area contributed by atoms with E-state index in [2.05, 4.69) is 0 Å². The third-order valence-electron chi connectivity index (χ3n) is 1.87. The molecule has 1 rings (SSSR count). The van der Waals surface area contributed by atoms with E-state index in [0.717, 1.165) is 0 Å². The van der Waals surface area contributed by atoms with E-state index in [0.29, 0.717) is 12.1 Å². The van der Waals surface area contributed by atoms with Crippen molar-refractivity contribution in [2.75, 3.05) is 11.4 Å². The van der Waals surface area contributed by atoms with Crippen LogP contribution in [0.15, 0.2) is 30.3 Å². The van der Waals surface area contributed by atoms with Crippen molar-refractivity contribution in [3.8, 4) is 0 Å². The van der Waals surface area contributed by atoms with E-state index >= 15 is 0 Å². The van der Waals surface area contributed by atoms with Crippen molar-refractivity contribution in [1.82, 2.24) is 0 Å². The number of alkyl halides is 2. The summed E-state index contributed by atoms with van der Waals surface area (Å²) in [6.45, 7) is 0.289. The van der Waals surface area contributed by atoms with Crippen LogP contribution < -0.4 is 4.90 Å². The van der Waals surface area contributed by atoms with Crippen molar-refractivity contribution >= 4 is 35.0 Å². The number of nitrogens with zero attached hydrogens (tertiary/aromatic N) is 1. The molecule has 0 saturated heterocycles. The first-order valence-corrected chi connectivity index (χ1v) is 5.32. The van der Waals surface area contributed by atoms with E-state index in [9.17, 15) is 4.79 Å². The Labute approximate surface area is 98.2 Å². The van der Waals surface area contributed by atoms with Gasteiger partial charge in [0.25, 0.3) is 0 Å². The molecule has 0 heterocycles. The molecule has 0 saturated carbocycles. The highest BCUT2D eigenvalue weighted by atomic mass is 35.5. The fourth-order valence-electron chi connectivity index (χ4n) is 1.17. The average molecular weight is 248 g/mol. The number of amides is 1. The van der Waals surface area contributed by atoms with Gasteiger partial charge in [0.1, 0.15) is 4.84 Å². The summed E-state index contributed by atoms with van der Waals surface area (Å²) < 4.78 is 0. The second kappa shape index (κ2) is 5.83. The quantitative estimate of drug-likeness (QED) is 0.830. The van der Waals surface area contributed by atoms with Crippen LogP contribution in [0.3, 0.4) is 0 Å². The molecular weight excluding hydrogens is 237 g/mol. The van der Waals surface area contributed by atoms with Gasteiger partial charge >= 0.3 is 6.09 Å². The van der Waals surface area contributed by atoms with Gasteiger partial charge in [-0.3, -0.25) is 4.90 Å². The van der Waals surface area contributed by atoms with Crippen LogP contribution in [-0.4, -0.2) is 22.6 Å². The Balaban J connectivity index is 2.71. The number of anilines is 1. The van der Waals surface area contributed by atoms with Crippen LogP contribution in [0.25, 0.3) is 0 Å². The number of carboxylic acid groups (broad SMARTS) is 1. The third-order valence-corrected chi connectivity index (χ3v) is 2.31. The van der Waals surface area contributed by atoms with Crippen molar-refractivity contribution < 1.29 is 9.90 Å². The molecule has 1 aromatic carbocycles. The van der Waals surface area contributed by atoms with Crippen molar-refractivity contribution in [1.29, 1.82) is 0 Å². The van der Waals surface area contributed by atoms with Crippen molar-refractivity contribution in [3.63, 3.8) is 0 Å². The van der Waals surface area contributed by atoms with Crippen molar-refractivity contribution in [3.05, 3.63) is 30.3 Å². The molecule has 0 atom stereocenters. The molecule has 0 unspecified atom stereocenters. The minimum Gasteiger partial charge on any atom is -0.465 e. The molecule has 0 aliphatic rings. The number of halogens is 2. The van der Waals surface area contributed by atoms with Crippen LogP contribution in [0.4, 0.5) is 10.5 Å². The van der Waals surface area contributed by atoms with Crippen molar-refractivity contribution in [2.24, 2.45) is 0 Å². The fourth-order valence-corrected chi connectivity index (χ4v) is 1.36. The van der Waals surface area contributed by atoms with E-state index in [1.165, 1.54) is 4.90 Å². The summed E-state index contributed by atoms with van der Waals surface area (Å²) in [4.78, 5) is 11.6. The summed E-state index contributed by atoms with van der Waals surface area (Å²) in [6, 6.07) is 8.85. The van der Waals surface area contributed by atoms with E-state index in [4.69, 9.17) is 28.3 Å². The van der Waals surface area contributed by atoms with Crippen LogP contribution in [0.1, 0.15) is 6.42 Å². The summed E-state index contributed by atoms with van der Waals surface area (Å²) in [5, 5.41) is 8.98. The van der Waals surface area contributed by atoms with Gasteiger partial charge in [-0.25, -0.2) is 4.79 Å². The third kappa shape index (κ3) is 3.98. The van der Waals surface area contributed by atoms with E-state index in [-0.39, 0.29) is 6.54 Å². The predicted molar refractivity (Wildman–Crippen MR) is 61.9 cm³/mol. The Morgan fingerprint density at radius 1 is 1.33 bits per heavy atom. The van der Waals surface area contributed by atoms with Gasteiger partial charge in [0.05, 0.1) is 0 Å². The Hall–Kier alpha value is -0.930. The SMILES string of the molecule is O=C(O)N(CCC(Cl)Cl)c1ccccc1. The molecule has 3 nitrogen and oxygen atoms in total. The molecule has 1 amide bonds. The van der Waals surface area contributed by atoms with Gasteiger partial charge in [-0.2, -0.15) is 0 Å². The highest BCUT2D eigenvalue weighted by Gasteiger charge is 2.14. The largest absolute Gasteiger partial charge is 0.465 e. The zero-order valence-electron chi connectivity index (χ0n) is 7.94. The average Bonchev–Trinajstić information content (AvgIpc) is 2.18. The topological polar surface area (TPSA) is 40.5 Å². The minimum absolute atomic E-state index is 0.289. The van der Waals surface area contributed by atoms with Gasteiger partial charge in [0.15, 0.2) is 0 Å². The van der Waals surface area contributed by atoms with E-state index in [1.54, 1.807) is 24.3 Å². The summed E-state index contributed by atoms with van der Waals surface area (Å²) in [5.74, 6) is 0. The molecule has 82 valence electrons. The molecule has 0 aliphatic carbocycles. The molecule has 0 fully saturated rings. The highest BCUT2D eigenvalue weighted by Crippen LogP contribution is 2.16. The first-order valence-electron chi connectivity index (χ1n) is 4.45.